The molecule has 0 bridgehead atoms. The van der Waals surface area contributed by atoms with Gasteiger partial charge in [-0.05, 0) is 96.3 Å². The van der Waals surface area contributed by atoms with Crippen LogP contribution in [0, 0.1) is 11.8 Å². The number of likely N-dealkylation sites (tertiary alicyclic amines) is 1. The van der Waals surface area contributed by atoms with E-state index in [4.69, 9.17) is 30.0 Å². The van der Waals surface area contributed by atoms with Gasteiger partial charge in [-0.15, -0.1) is 13.2 Å². The molecule has 332 valence electrons. The lowest BCUT2D eigenvalue weighted by Crippen LogP contribution is -2.68. The summed E-state index contributed by atoms with van der Waals surface area (Å²) in [6.07, 6.45) is 6.21. The van der Waals surface area contributed by atoms with Crippen molar-refractivity contribution in [3.05, 3.63) is 142 Å². The molecular formula is C51H60ClN3O7Si. The van der Waals surface area contributed by atoms with Crippen molar-refractivity contribution >= 4 is 37.2 Å². The van der Waals surface area contributed by atoms with Gasteiger partial charge in [0.15, 0.2) is 19.7 Å². The number of hydrogen-bond acceptors (Lipinski definition) is 10. The van der Waals surface area contributed by atoms with E-state index in [1.807, 2.05) is 79.8 Å². The van der Waals surface area contributed by atoms with Crippen molar-refractivity contribution < 1.29 is 33.1 Å². The Morgan fingerprint density at radius 2 is 1.62 bits per heavy atom. The molecule has 5 atom stereocenters. The molecule has 2 heterocycles. The van der Waals surface area contributed by atoms with Crippen molar-refractivity contribution in [3.8, 4) is 11.6 Å². The van der Waals surface area contributed by atoms with E-state index in [2.05, 4.69) is 55.8 Å². The van der Waals surface area contributed by atoms with Crippen LogP contribution in [0.25, 0.3) is 5.76 Å². The van der Waals surface area contributed by atoms with E-state index in [-0.39, 0.29) is 42.0 Å². The van der Waals surface area contributed by atoms with Crippen LogP contribution in [0.3, 0.4) is 0 Å². The zero-order valence-electron chi connectivity index (χ0n) is 37.4. The predicted molar refractivity (Wildman–Crippen MR) is 249 cm³/mol. The van der Waals surface area contributed by atoms with E-state index in [0.717, 1.165) is 48.2 Å². The minimum atomic E-state index is -2.98. The number of aliphatic hydroxyl groups is 1. The van der Waals surface area contributed by atoms with E-state index in [9.17, 15) is 5.11 Å². The molecule has 1 aromatic heterocycles. The fourth-order valence-corrected chi connectivity index (χ4v) is 11.9. The summed E-state index contributed by atoms with van der Waals surface area (Å²) in [5.74, 6) is -1.90. The standard InChI is InChI=1S/C51H60ClN3O7Si/c1-9-24-55(25-10-2)44-37-28-34-27-36-41(39(59-30-32-19-14-12-15-20-32)29-35(43(36)52)38-23-18-26-54(38)11-3)45(56)40(34)47(57)51(37,62-63(7,8)50(4,5)6)48(58)42-46(44)61-53-49(42)60-31-33-21-16-13-17-22-33/h9-10,12-17,19-22,29,34,37-38,44,56H,1-2,11,18,23-28,30-31H2,3-8H3/t34-,37-,38?,44-,51-/m0/s1. The molecule has 1 saturated heterocycles. The molecule has 12 heteroatoms. The summed E-state index contributed by atoms with van der Waals surface area (Å²) >= 11 is 7.54. The number of carbonyl (C=O) groups is 2. The van der Waals surface area contributed by atoms with Crippen LogP contribution in [0.4, 0.5) is 0 Å². The van der Waals surface area contributed by atoms with Crippen LogP contribution >= 0.6 is 11.6 Å². The van der Waals surface area contributed by atoms with Gasteiger partial charge in [-0.3, -0.25) is 19.4 Å². The van der Waals surface area contributed by atoms with Crippen molar-refractivity contribution in [3.63, 3.8) is 0 Å². The largest absolute Gasteiger partial charge is 0.507 e. The Hall–Kier alpha value is -4.78. The smallest absolute Gasteiger partial charge is 0.265 e. The van der Waals surface area contributed by atoms with Crippen molar-refractivity contribution in [2.75, 3.05) is 26.2 Å². The number of aliphatic hydroxyl groups excluding tert-OH is 1. The summed E-state index contributed by atoms with van der Waals surface area (Å²) in [5.41, 5.74) is 2.05. The summed E-state index contributed by atoms with van der Waals surface area (Å²) in [4.78, 5) is 36.7. The first-order chi connectivity index (χ1) is 30.2. The third-order valence-corrected chi connectivity index (χ3v) is 19.1. The topological polar surface area (TPSA) is 115 Å². The molecule has 1 aliphatic heterocycles. The molecule has 8 rings (SSSR count). The first kappa shape index (κ1) is 44.8. The van der Waals surface area contributed by atoms with Crippen LogP contribution in [0.1, 0.15) is 103 Å². The molecule has 4 aliphatic rings. The third kappa shape index (κ3) is 7.83. The van der Waals surface area contributed by atoms with Crippen molar-refractivity contribution in [1.29, 1.82) is 0 Å². The second-order valence-corrected chi connectivity index (χ2v) is 24.0. The van der Waals surface area contributed by atoms with Crippen molar-refractivity contribution in [1.82, 2.24) is 15.0 Å². The molecule has 3 aromatic carbocycles. The lowest BCUT2D eigenvalue weighted by Gasteiger charge is -2.55. The molecule has 1 unspecified atom stereocenters. The zero-order chi connectivity index (χ0) is 44.8. The average Bonchev–Trinajstić information content (AvgIpc) is 3.92. The highest BCUT2D eigenvalue weighted by Gasteiger charge is 2.69. The van der Waals surface area contributed by atoms with Gasteiger partial charge < -0.3 is 23.5 Å². The number of carbonyl (C=O) groups excluding carboxylic acids is 2. The summed E-state index contributed by atoms with van der Waals surface area (Å²) in [5, 5.41) is 17.4. The first-order valence-corrected chi connectivity index (χ1v) is 25.6. The van der Waals surface area contributed by atoms with Crippen LogP contribution in [0.15, 0.2) is 102 Å². The molecule has 10 nitrogen and oxygen atoms in total. The van der Waals surface area contributed by atoms with Gasteiger partial charge in [0.25, 0.3) is 5.88 Å². The van der Waals surface area contributed by atoms with Gasteiger partial charge in [0.1, 0.15) is 30.3 Å². The molecule has 0 radical (unpaired) electrons. The van der Waals surface area contributed by atoms with Gasteiger partial charge in [0.05, 0.1) is 11.6 Å². The Bertz CT molecular complexity index is 2420. The Balaban J connectivity index is 1.34. The Labute approximate surface area is 377 Å². The van der Waals surface area contributed by atoms with Crippen LogP contribution in [0.5, 0.6) is 11.6 Å². The maximum absolute atomic E-state index is 16.2. The predicted octanol–water partition coefficient (Wildman–Crippen LogP) is 11.0. The maximum atomic E-state index is 16.2. The zero-order valence-corrected chi connectivity index (χ0v) is 39.2. The van der Waals surface area contributed by atoms with Crippen LogP contribution in [-0.2, 0) is 28.9 Å². The molecule has 0 amide bonds. The number of benzene rings is 3. The highest BCUT2D eigenvalue weighted by atomic mass is 35.5. The number of aromatic nitrogens is 1. The van der Waals surface area contributed by atoms with E-state index in [1.165, 1.54) is 0 Å². The van der Waals surface area contributed by atoms with Crippen LogP contribution < -0.4 is 9.47 Å². The Morgan fingerprint density at radius 3 is 2.22 bits per heavy atom. The van der Waals surface area contributed by atoms with E-state index < -0.39 is 48.4 Å². The number of ether oxygens (including phenoxy) is 2. The lowest BCUT2D eigenvalue weighted by molar-refractivity contribution is -0.141. The van der Waals surface area contributed by atoms with E-state index in [1.54, 1.807) is 12.2 Å². The molecular weight excluding hydrogens is 830 g/mol. The summed E-state index contributed by atoms with van der Waals surface area (Å²) in [6, 6.07) is 20.8. The minimum Gasteiger partial charge on any atom is -0.507 e. The highest BCUT2D eigenvalue weighted by Crippen LogP contribution is 2.60. The summed E-state index contributed by atoms with van der Waals surface area (Å²) in [6.45, 7) is 23.6. The summed E-state index contributed by atoms with van der Waals surface area (Å²) < 4.78 is 26.6. The second-order valence-electron chi connectivity index (χ2n) is 18.9. The first-order valence-electron chi connectivity index (χ1n) is 22.3. The highest BCUT2D eigenvalue weighted by molar-refractivity contribution is 6.74. The molecule has 3 aliphatic carbocycles. The number of ketones is 2. The number of fused-ring (bicyclic) bond motifs is 4. The molecule has 2 fully saturated rings. The monoisotopic (exact) mass is 889 g/mol. The lowest BCUT2D eigenvalue weighted by atomic mass is 9.57. The van der Waals surface area contributed by atoms with Gasteiger partial charge in [0.2, 0.25) is 11.6 Å². The van der Waals surface area contributed by atoms with Gasteiger partial charge in [-0.2, -0.15) is 0 Å². The quantitative estimate of drug-likeness (QED) is 0.0703. The minimum absolute atomic E-state index is 0.0104. The molecule has 63 heavy (non-hydrogen) atoms. The number of rotatable bonds is 15. The molecule has 1 saturated carbocycles. The number of halogens is 1. The second kappa shape index (κ2) is 17.7. The van der Waals surface area contributed by atoms with Crippen molar-refractivity contribution in [2.45, 2.75) is 102 Å². The molecule has 4 aromatic rings. The van der Waals surface area contributed by atoms with Gasteiger partial charge in [-0.25, -0.2) is 0 Å². The Kier molecular flexibility index (Phi) is 12.6. The molecule has 0 spiro atoms. The average molecular weight is 891 g/mol. The van der Waals surface area contributed by atoms with Gasteiger partial charge in [-0.1, -0.05) is 112 Å². The number of Topliss-reactive ketones (excluding diaryl/α,β-unsaturated/α-hetero) is 2. The van der Waals surface area contributed by atoms with Crippen LogP contribution in [-0.4, -0.2) is 71.7 Å². The van der Waals surface area contributed by atoms with E-state index in [0.29, 0.717) is 48.0 Å². The number of nitrogens with zero attached hydrogens (tertiary/aromatic N) is 3. The van der Waals surface area contributed by atoms with Gasteiger partial charge in [0, 0.05) is 35.6 Å². The maximum Gasteiger partial charge on any atom is 0.265 e. The van der Waals surface area contributed by atoms with Crippen molar-refractivity contribution in [2.24, 2.45) is 11.8 Å². The van der Waals surface area contributed by atoms with E-state index >= 15 is 9.59 Å². The fourth-order valence-electron chi connectivity index (χ4n) is 10.1. The normalized spacial score (nSPS) is 23.6. The van der Waals surface area contributed by atoms with Crippen LogP contribution in [0.2, 0.25) is 23.2 Å². The SMILES string of the molecule is C=CCN(CC=C)[C@@H]1c2onc(OCc3ccccc3)c2C(=O)[C@@]2(O[Si](C)(C)C(C)(C)C)C(=O)C3=C(O)c4c(OCc5ccccc5)cc(C5CCCN5CC)c(Cl)c4C[C@H]3C[C@@H]12. The fraction of sp³-hybridized carbons (Fsp3) is 0.431. The Morgan fingerprint density at radius 1 is 0.984 bits per heavy atom. The number of hydrogen-bond donors (Lipinski definition) is 1. The molecule has 1 N–H and O–H groups in total. The van der Waals surface area contributed by atoms with Gasteiger partial charge >= 0.3 is 0 Å². The summed E-state index contributed by atoms with van der Waals surface area (Å²) in [7, 11) is -2.98. The third-order valence-electron chi connectivity index (χ3n) is 14.2.